The Labute approximate surface area is 379 Å². The second-order valence-electron chi connectivity index (χ2n) is 15.6. The maximum absolute atomic E-state index is 13.5. The number of benzene rings is 6. The fourth-order valence-corrected chi connectivity index (χ4v) is 7.33. The SMILES string of the molecule is CC(=O)N[C@H]1[C@@H](Oc2ccc(C[C@H](NC(=O)OCc3ccccc3)C(=O)OCc3ccccc3)cc2)O[C@H](COCc2ccccc2)[C@@H](OCc2ccccc2)[C@@H]1OCc1ccccc1. The zero-order valence-electron chi connectivity index (χ0n) is 36.2. The summed E-state index contributed by atoms with van der Waals surface area (Å²) < 4.78 is 44.0. The number of rotatable bonds is 21. The highest BCUT2D eigenvalue weighted by molar-refractivity contribution is 5.81. The first-order valence-corrected chi connectivity index (χ1v) is 21.6. The molecule has 1 aliphatic rings. The highest BCUT2D eigenvalue weighted by atomic mass is 16.7. The van der Waals surface area contributed by atoms with Gasteiger partial charge in [-0.05, 0) is 45.5 Å². The minimum atomic E-state index is -1.06. The normalized spacial score (nSPS) is 18.4. The van der Waals surface area contributed by atoms with Crippen molar-refractivity contribution in [1.82, 2.24) is 10.6 Å². The first-order chi connectivity index (χ1) is 31.9. The van der Waals surface area contributed by atoms with E-state index in [0.29, 0.717) is 17.9 Å². The van der Waals surface area contributed by atoms with Gasteiger partial charge in [-0.2, -0.15) is 0 Å². The minimum Gasteiger partial charge on any atom is -0.463 e. The molecule has 0 radical (unpaired) electrons. The van der Waals surface area contributed by atoms with Crippen LogP contribution in [0.1, 0.15) is 40.3 Å². The molecule has 0 unspecified atom stereocenters. The molecule has 336 valence electrons. The Morgan fingerprint density at radius 1 is 0.538 bits per heavy atom. The van der Waals surface area contributed by atoms with Gasteiger partial charge in [-0.1, -0.05) is 164 Å². The summed E-state index contributed by atoms with van der Waals surface area (Å²) in [6, 6.07) is 53.1. The summed E-state index contributed by atoms with van der Waals surface area (Å²) in [4.78, 5) is 39.4. The monoisotopic (exact) mass is 878 g/mol. The molecule has 2 N–H and O–H groups in total. The summed E-state index contributed by atoms with van der Waals surface area (Å²) in [5.74, 6) is -0.510. The quantitative estimate of drug-likeness (QED) is 0.0680. The maximum atomic E-state index is 13.5. The molecular formula is C53H54N2O10. The number of hydrogen-bond acceptors (Lipinski definition) is 10. The van der Waals surface area contributed by atoms with Crippen molar-refractivity contribution in [3.63, 3.8) is 0 Å². The number of carbonyl (C=O) groups excluding carboxylic acids is 3. The average Bonchev–Trinajstić information content (AvgIpc) is 3.34. The van der Waals surface area contributed by atoms with Crippen LogP contribution in [0.15, 0.2) is 176 Å². The molecule has 6 atom stereocenters. The summed E-state index contributed by atoms with van der Waals surface area (Å²) in [7, 11) is 0. The van der Waals surface area contributed by atoms with Crippen LogP contribution in [0.4, 0.5) is 4.79 Å². The molecule has 0 saturated carbocycles. The lowest BCUT2D eigenvalue weighted by molar-refractivity contribution is -0.270. The second-order valence-corrected chi connectivity index (χ2v) is 15.6. The fourth-order valence-electron chi connectivity index (χ4n) is 7.33. The lowest BCUT2D eigenvalue weighted by Crippen LogP contribution is -2.66. The molecule has 12 nitrogen and oxygen atoms in total. The van der Waals surface area contributed by atoms with Gasteiger partial charge in [0.2, 0.25) is 12.2 Å². The molecule has 65 heavy (non-hydrogen) atoms. The number of carbonyl (C=O) groups is 3. The van der Waals surface area contributed by atoms with E-state index in [1.54, 1.807) is 24.3 Å². The Hall–Kier alpha value is -6.83. The fraction of sp³-hybridized carbons (Fsp3) is 0.264. The minimum absolute atomic E-state index is 0.0330. The Morgan fingerprint density at radius 2 is 1.00 bits per heavy atom. The number of nitrogens with one attached hydrogen (secondary N) is 2. The largest absolute Gasteiger partial charge is 0.463 e. The zero-order chi connectivity index (χ0) is 45.1. The molecule has 6 aromatic carbocycles. The van der Waals surface area contributed by atoms with Gasteiger partial charge in [0, 0.05) is 13.3 Å². The predicted octanol–water partition coefficient (Wildman–Crippen LogP) is 8.26. The molecule has 7 rings (SSSR count). The van der Waals surface area contributed by atoms with Gasteiger partial charge in [0.15, 0.2) is 0 Å². The number of hydrogen-bond donors (Lipinski definition) is 2. The van der Waals surface area contributed by atoms with Gasteiger partial charge in [-0.3, -0.25) is 4.79 Å². The van der Waals surface area contributed by atoms with E-state index >= 15 is 0 Å². The van der Waals surface area contributed by atoms with Gasteiger partial charge in [0.25, 0.3) is 0 Å². The molecule has 6 aromatic rings. The van der Waals surface area contributed by atoms with Crippen LogP contribution in [0.5, 0.6) is 5.75 Å². The average molecular weight is 879 g/mol. The van der Waals surface area contributed by atoms with Crippen LogP contribution < -0.4 is 15.4 Å². The van der Waals surface area contributed by atoms with E-state index in [1.807, 2.05) is 152 Å². The summed E-state index contributed by atoms with van der Waals surface area (Å²) in [6.07, 6.45) is -3.84. The van der Waals surface area contributed by atoms with Crippen LogP contribution in [0.25, 0.3) is 0 Å². The van der Waals surface area contributed by atoms with Crippen molar-refractivity contribution < 1.29 is 47.5 Å². The van der Waals surface area contributed by atoms with Crippen LogP contribution in [0.3, 0.4) is 0 Å². The van der Waals surface area contributed by atoms with E-state index in [-0.39, 0.29) is 45.4 Å². The van der Waals surface area contributed by atoms with Gasteiger partial charge in [0.1, 0.15) is 49.4 Å². The Balaban J connectivity index is 1.10. The van der Waals surface area contributed by atoms with E-state index in [4.69, 9.17) is 33.2 Å². The number of amides is 2. The highest BCUT2D eigenvalue weighted by Gasteiger charge is 2.49. The first kappa shape index (κ1) is 46.2. The van der Waals surface area contributed by atoms with Crippen molar-refractivity contribution in [2.24, 2.45) is 0 Å². The first-order valence-electron chi connectivity index (χ1n) is 21.6. The summed E-state index contributed by atoms with van der Waals surface area (Å²) in [5.41, 5.74) is 5.21. The smallest absolute Gasteiger partial charge is 0.408 e. The molecule has 1 heterocycles. The lowest BCUT2D eigenvalue weighted by Gasteiger charge is -2.46. The van der Waals surface area contributed by atoms with Gasteiger partial charge in [0.05, 0.1) is 26.4 Å². The van der Waals surface area contributed by atoms with Crippen molar-refractivity contribution in [2.75, 3.05) is 6.61 Å². The van der Waals surface area contributed by atoms with E-state index in [2.05, 4.69) is 10.6 Å². The Bertz CT molecular complexity index is 2340. The second kappa shape index (κ2) is 24.3. The van der Waals surface area contributed by atoms with Crippen LogP contribution in [-0.2, 0) is 77.5 Å². The Kier molecular flexibility index (Phi) is 17.3. The number of alkyl carbamates (subject to hydrolysis) is 1. The van der Waals surface area contributed by atoms with E-state index in [0.717, 1.165) is 27.8 Å². The van der Waals surface area contributed by atoms with Crippen LogP contribution in [0, 0.1) is 0 Å². The van der Waals surface area contributed by atoms with Crippen LogP contribution >= 0.6 is 0 Å². The van der Waals surface area contributed by atoms with E-state index < -0.39 is 48.7 Å². The topological polar surface area (TPSA) is 140 Å². The van der Waals surface area contributed by atoms with Crippen molar-refractivity contribution in [3.05, 3.63) is 209 Å². The molecule has 0 aliphatic carbocycles. The lowest BCUT2D eigenvalue weighted by atomic mass is 9.95. The van der Waals surface area contributed by atoms with Crippen molar-refractivity contribution in [2.45, 2.75) is 83.1 Å². The number of ether oxygens (including phenoxy) is 7. The Morgan fingerprint density at radius 3 is 1.51 bits per heavy atom. The molecule has 12 heteroatoms. The molecule has 1 aliphatic heterocycles. The molecule has 1 saturated heterocycles. The number of esters is 1. The van der Waals surface area contributed by atoms with Crippen LogP contribution in [-0.4, -0.2) is 61.3 Å². The third-order valence-electron chi connectivity index (χ3n) is 10.6. The standard InChI is InChI=1S/C53H54N2O10/c1-38(56)54-48-50(61-34-42-21-11-4-12-22-42)49(60-33-41-19-9-3-10-20-41)47(37-59-32-40-17-7-2-8-18-40)65-52(48)64-45-29-27-39(28-30-45)31-46(51(57)62-35-43-23-13-5-14-24-43)55-53(58)63-36-44-25-15-6-16-26-44/h2-30,46-50,52H,31-37H2,1H3,(H,54,56)(H,55,58)/t46-,47+,48+,49+,50+,52-/m0/s1. The van der Waals surface area contributed by atoms with Crippen LogP contribution in [0.2, 0.25) is 0 Å². The van der Waals surface area contributed by atoms with E-state index in [1.165, 1.54) is 6.92 Å². The third kappa shape index (κ3) is 14.6. The van der Waals surface area contributed by atoms with Gasteiger partial charge in [-0.15, -0.1) is 0 Å². The summed E-state index contributed by atoms with van der Waals surface area (Å²) in [6.45, 7) is 2.46. The molecule has 0 spiro atoms. The molecule has 2 amide bonds. The van der Waals surface area contributed by atoms with Crippen molar-refractivity contribution >= 4 is 18.0 Å². The highest BCUT2D eigenvalue weighted by Crippen LogP contribution is 2.31. The maximum Gasteiger partial charge on any atom is 0.408 e. The molecule has 0 aromatic heterocycles. The van der Waals surface area contributed by atoms with Gasteiger partial charge >= 0.3 is 12.1 Å². The zero-order valence-corrected chi connectivity index (χ0v) is 36.2. The molecular weight excluding hydrogens is 825 g/mol. The van der Waals surface area contributed by atoms with Gasteiger partial charge in [-0.25, -0.2) is 9.59 Å². The summed E-state index contributed by atoms with van der Waals surface area (Å²) in [5, 5.41) is 5.74. The van der Waals surface area contributed by atoms with E-state index in [9.17, 15) is 14.4 Å². The predicted molar refractivity (Wildman–Crippen MR) is 243 cm³/mol. The van der Waals surface area contributed by atoms with Crippen molar-refractivity contribution in [3.8, 4) is 5.75 Å². The van der Waals surface area contributed by atoms with Gasteiger partial charge < -0.3 is 43.8 Å². The molecule has 1 fully saturated rings. The molecule has 0 bridgehead atoms. The third-order valence-corrected chi connectivity index (χ3v) is 10.6. The van der Waals surface area contributed by atoms with Crippen molar-refractivity contribution in [1.29, 1.82) is 0 Å². The summed E-state index contributed by atoms with van der Waals surface area (Å²) >= 11 is 0.